The Morgan fingerprint density at radius 1 is 1.22 bits per heavy atom. The summed E-state index contributed by atoms with van der Waals surface area (Å²) in [4.78, 5) is 11.2. The maximum absolute atomic E-state index is 12.5. The highest BCUT2D eigenvalue weighted by molar-refractivity contribution is 7.93. The van der Waals surface area contributed by atoms with Gasteiger partial charge in [-0.25, -0.2) is 0 Å². The minimum absolute atomic E-state index is 0.0292. The van der Waals surface area contributed by atoms with Gasteiger partial charge in [-0.2, -0.15) is 21.6 Å². The number of sulfonamides is 1. The molecule has 0 unspecified atom stereocenters. The highest BCUT2D eigenvalue weighted by atomic mass is 32.2. The number of carbonyl (C=O) groups is 1. The lowest BCUT2D eigenvalue weighted by Crippen LogP contribution is -2.47. The number of anilines is 2. The van der Waals surface area contributed by atoms with E-state index in [-0.39, 0.29) is 15.7 Å². The fourth-order valence-electron chi connectivity index (χ4n) is 1.54. The van der Waals surface area contributed by atoms with Crippen LogP contribution in [0.4, 0.5) is 24.5 Å². The summed E-state index contributed by atoms with van der Waals surface area (Å²) in [6, 6.07) is 5.38. The van der Waals surface area contributed by atoms with Crippen LogP contribution in [0.15, 0.2) is 24.3 Å². The number of hydrogen-bond donors (Lipinski definition) is 1. The lowest BCUT2D eigenvalue weighted by Gasteiger charge is -2.30. The minimum atomic E-state index is -5.57. The Morgan fingerprint density at radius 2 is 1.83 bits per heavy atom. The van der Waals surface area contributed by atoms with Gasteiger partial charge in [-0.15, -0.1) is 0 Å². The largest absolute Gasteiger partial charge is 0.516 e. The van der Waals surface area contributed by atoms with Gasteiger partial charge < -0.3 is 5.32 Å². The van der Waals surface area contributed by atoms with E-state index in [1.165, 1.54) is 24.3 Å². The van der Waals surface area contributed by atoms with Crippen molar-refractivity contribution in [1.29, 1.82) is 0 Å². The van der Waals surface area contributed by atoms with Gasteiger partial charge in [-0.05, 0) is 12.1 Å². The molecular weight excluding hydrogens is 273 g/mol. The average Bonchev–Trinajstić information content (AvgIpc) is 2.26. The van der Waals surface area contributed by atoms with Crippen LogP contribution in [0.1, 0.15) is 0 Å². The third kappa shape index (κ3) is 1.90. The predicted octanol–water partition coefficient (Wildman–Crippen LogP) is 1.29. The molecule has 1 heterocycles. The monoisotopic (exact) mass is 280 g/mol. The Morgan fingerprint density at radius 3 is 2.44 bits per heavy atom. The molecule has 0 saturated carbocycles. The zero-order chi connectivity index (χ0) is 13.6. The molecule has 0 spiro atoms. The van der Waals surface area contributed by atoms with Crippen LogP contribution >= 0.6 is 0 Å². The van der Waals surface area contributed by atoms with E-state index >= 15 is 0 Å². The number of benzene rings is 1. The van der Waals surface area contributed by atoms with E-state index in [2.05, 4.69) is 5.32 Å². The van der Waals surface area contributed by atoms with Crippen LogP contribution < -0.4 is 9.62 Å². The first kappa shape index (κ1) is 12.7. The van der Waals surface area contributed by atoms with Gasteiger partial charge in [0.2, 0.25) is 5.91 Å². The first-order valence-corrected chi connectivity index (χ1v) is 6.15. The Kier molecular flexibility index (Phi) is 2.73. The zero-order valence-corrected chi connectivity index (χ0v) is 9.55. The molecule has 0 radical (unpaired) electrons. The molecule has 5 nitrogen and oxygen atoms in total. The third-order valence-electron chi connectivity index (χ3n) is 2.32. The maximum atomic E-state index is 12.5. The van der Waals surface area contributed by atoms with Crippen molar-refractivity contribution < 1.29 is 26.4 Å². The number of hydrogen-bond acceptors (Lipinski definition) is 3. The molecule has 0 aliphatic carbocycles. The summed E-state index contributed by atoms with van der Waals surface area (Å²) < 4.78 is 60.2. The fraction of sp³-hybridized carbons (Fsp3) is 0.222. The van der Waals surface area contributed by atoms with E-state index < -0.39 is 28.0 Å². The van der Waals surface area contributed by atoms with Crippen LogP contribution in [0.5, 0.6) is 0 Å². The Labute approximate surface area is 100 Å². The normalized spacial score (nSPS) is 16.2. The molecule has 0 saturated heterocycles. The van der Waals surface area contributed by atoms with Crippen molar-refractivity contribution in [2.24, 2.45) is 0 Å². The summed E-state index contributed by atoms with van der Waals surface area (Å²) in [5.41, 5.74) is -5.62. The van der Waals surface area contributed by atoms with Gasteiger partial charge in [0.1, 0.15) is 6.54 Å². The number of carbonyl (C=O) groups excluding carboxylic acids is 1. The van der Waals surface area contributed by atoms with Gasteiger partial charge in [0.15, 0.2) is 0 Å². The zero-order valence-electron chi connectivity index (χ0n) is 8.73. The number of fused-ring (bicyclic) bond motifs is 1. The van der Waals surface area contributed by atoms with Gasteiger partial charge in [0.25, 0.3) is 0 Å². The van der Waals surface area contributed by atoms with Crippen LogP contribution in [-0.4, -0.2) is 26.4 Å². The topological polar surface area (TPSA) is 66.5 Å². The van der Waals surface area contributed by atoms with Gasteiger partial charge in [-0.1, -0.05) is 12.1 Å². The van der Waals surface area contributed by atoms with Crippen LogP contribution in [-0.2, 0) is 14.8 Å². The van der Waals surface area contributed by atoms with E-state index in [0.717, 1.165) is 0 Å². The highest BCUT2D eigenvalue weighted by Crippen LogP contribution is 2.36. The summed E-state index contributed by atoms with van der Waals surface area (Å²) in [6.45, 7) is -0.890. The number of alkyl halides is 3. The quantitative estimate of drug-likeness (QED) is 0.843. The van der Waals surface area contributed by atoms with E-state index in [1.54, 1.807) is 0 Å². The summed E-state index contributed by atoms with van der Waals surface area (Å²) in [5, 5.41) is 2.30. The molecule has 1 aromatic carbocycles. The summed E-state index contributed by atoms with van der Waals surface area (Å²) >= 11 is 0. The third-order valence-corrected chi connectivity index (χ3v) is 3.81. The molecule has 9 heteroatoms. The van der Waals surface area contributed by atoms with Crippen molar-refractivity contribution in [2.75, 3.05) is 16.2 Å². The van der Waals surface area contributed by atoms with Gasteiger partial charge in [0, 0.05) is 0 Å². The van der Waals surface area contributed by atoms with Crippen molar-refractivity contribution >= 4 is 27.3 Å². The maximum Gasteiger partial charge on any atom is 0.516 e. The van der Waals surface area contributed by atoms with Crippen LogP contribution in [0.25, 0.3) is 0 Å². The molecule has 0 aromatic heterocycles. The van der Waals surface area contributed by atoms with Crippen molar-refractivity contribution in [2.45, 2.75) is 5.51 Å². The highest BCUT2D eigenvalue weighted by Gasteiger charge is 2.51. The summed E-state index contributed by atoms with van der Waals surface area (Å²) in [7, 11) is -5.57. The smallest absolute Gasteiger partial charge is 0.323 e. The van der Waals surface area contributed by atoms with Crippen molar-refractivity contribution in [3.63, 3.8) is 0 Å². The number of rotatable bonds is 1. The van der Waals surface area contributed by atoms with Gasteiger partial charge in [0.05, 0.1) is 11.4 Å². The lowest BCUT2D eigenvalue weighted by atomic mass is 10.2. The fourth-order valence-corrected chi connectivity index (χ4v) is 2.50. The van der Waals surface area contributed by atoms with E-state index in [4.69, 9.17) is 0 Å². The first-order chi connectivity index (χ1) is 8.23. The van der Waals surface area contributed by atoms with Crippen LogP contribution in [0.3, 0.4) is 0 Å². The Balaban J connectivity index is 2.57. The number of halogens is 3. The molecule has 18 heavy (non-hydrogen) atoms. The van der Waals surface area contributed by atoms with Crippen molar-refractivity contribution in [3.05, 3.63) is 24.3 Å². The number of nitrogens with one attached hydrogen (secondary N) is 1. The number of amides is 1. The predicted molar refractivity (Wildman–Crippen MR) is 57.4 cm³/mol. The standard InChI is InChI=1S/C9H7F3N2O3S/c10-9(11,12)18(16,17)14-5-8(15)13-6-3-1-2-4-7(6)14/h1-4H,5H2,(H,13,15). The first-order valence-electron chi connectivity index (χ1n) is 4.71. The van der Waals surface area contributed by atoms with Crippen molar-refractivity contribution in [1.82, 2.24) is 0 Å². The Bertz CT molecular complexity index is 597. The van der Waals surface area contributed by atoms with E-state index in [9.17, 15) is 26.4 Å². The summed E-state index contributed by atoms with van der Waals surface area (Å²) in [5.74, 6) is -0.818. The second-order valence-corrected chi connectivity index (χ2v) is 5.38. The van der Waals surface area contributed by atoms with E-state index in [1.807, 2.05) is 0 Å². The molecule has 0 fully saturated rings. The minimum Gasteiger partial charge on any atom is -0.323 e. The Hall–Kier alpha value is -1.77. The molecule has 0 atom stereocenters. The molecule has 1 amide bonds. The molecule has 1 N–H and O–H groups in total. The van der Waals surface area contributed by atoms with Crippen LogP contribution in [0, 0.1) is 0 Å². The SMILES string of the molecule is O=C1CN(S(=O)(=O)C(F)(F)F)c2ccccc2N1. The number of para-hydroxylation sites is 2. The van der Waals surface area contributed by atoms with E-state index in [0.29, 0.717) is 0 Å². The molecular formula is C9H7F3N2O3S. The molecule has 1 aliphatic rings. The lowest BCUT2D eigenvalue weighted by molar-refractivity contribution is -0.115. The summed E-state index contributed by atoms with van der Waals surface area (Å²) in [6.07, 6.45) is 0. The molecule has 1 aliphatic heterocycles. The second-order valence-electron chi connectivity index (χ2n) is 3.52. The molecule has 1 aromatic rings. The molecule has 0 bridgehead atoms. The molecule has 2 rings (SSSR count). The van der Waals surface area contributed by atoms with Crippen molar-refractivity contribution in [3.8, 4) is 0 Å². The molecule has 98 valence electrons. The van der Waals surface area contributed by atoms with Gasteiger partial charge in [-0.3, -0.25) is 9.10 Å². The average molecular weight is 280 g/mol. The number of nitrogens with zero attached hydrogens (tertiary/aromatic N) is 1. The van der Waals surface area contributed by atoms with Crippen LogP contribution in [0.2, 0.25) is 0 Å². The second kappa shape index (κ2) is 3.87. The van der Waals surface area contributed by atoms with Gasteiger partial charge >= 0.3 is 15.5 Å².